The molecular weight excluding hydrogens is 302 g/mol. The minimum absolute atomic E-state index is 0.260. The van der Waals surface area contributed by atoms with Gasteiger partial charge < -0.3 is 0 Å². The molecule has 8 heteroatoms. The van der Waals surface area contributed by atoms with Gasteiger partial charge in [-0.15, -0.1) is 0 Å². The zero-order valence-electron chi connectivity index (χ0n) is 6.94. The molecule has 1 aromatic rings. The van der Waals surface area contributed by atoms with Crippen LogP contribution in [0.15, 0.2) is 27.6 Å². The van der Waals surface area contributed by atoms with Gasteiger partial charge in [0.05, 0.1) is 9.37 Å². The van der Waals surface area contributed by atoms with Crippen LogP contribution < -0.4 is 0 Å². The molecule has 84 valence electrons. The van der Waals surface area contributed by atoms with Crippen LogP contribution in [0.3, 0.4) is 0 Å². The number of alkyl halides is 3. The van der Waals surface area contributed by atoms with Crippen molar-refractivity contribution in [2.24, 2.45) is 0 Å². The van der Waals surface area contributed by atoms with Crippen molar-refractivity contribution in [3.63, 3.8) is 0 Å². The van der Waals surface area contributed by atoms with E-state index in [-0.39, 0.29) is 4.47 Å². The molecule has 0 aliphatic rings. The molecule has 1 rings (SSSR count). The zero-order chi connectivity index (χ0) is 11.9. The first-order valence-electron chi connectivity index (χ1n) is 3.46. The van der Waals surface area contributed by atoms with E-state index in [1.807, 2.05) is 0 Å². The van der Waals surface area contributed by atoms with E-state index in [1.54, 1.807) is 0 Å². The standard InChI is InChI=1S/C7H4BrF4NOS/c8-5-3-4(1-2-6(5)9)15(13,14)7(10,11)12/h1-3,13H. The molecule has 0 fully saturated rings. The van der Waals surface area contributed by atoms with Gasteiger partial charge in [-0.3, -0.25) is 0 Å². The van der Waals surface area contributed by atoms with E-state index in [1.165, 1.54) is 0 Å². The Balaban J connectivity index is 3.36. The largest absolute Gasteiger partial charge is 0.483 e. The summed E-state index contributed by atoms with van der Waals surface area (Å²) in [5.41, 5.74) is -5.16. The summed E-state index contributed by atoms with van der Waals surface area (Å²) in [7, 11) is -4.91. The van der Waals surface area contributed by atoms with Crippen LogP contribution in [-0.4, -0.2) is 9.72 Å². The normalized spacial score (nSPS) is 16.1. The fraction of sp³-hybridized carbons (Fsp3) is 0.143. The highest BCUT2D eigenvalue weighted by Gasteiger charge is 2.43. The van der Waals surface area contributed by atoms with Crippen LogP contribution in [0.5, 0.6) is 0 Å². The number of benzene rings is 1. The van der Waals surface area contributed by atoms with Crippen molar-refractivity contribution >= 4 is 25.7 Å². The van der Waals surface area contributed by atoms with Crippen molar-refractivity contribution in [3.8, 4) is 0 Å². The van der Waals surface area contributed by atoms with Gasteiger partial charge in [-0.2, -0.15) is 13.2 Å². The topological polar surface area (TPSA) is 40.9 Å². The van der Waals surface area contributed by atoms with E-state index < -0.39 is 26.0 Å². The van der Waals surface area contributed by atoms with Crippen molar-refractivity contribution in [1.29, 1.82) is 4.78 Å². The summed E-state index contributed by atoms with van der Waals surface area (Å²) < 4.78 is 66.8. The Kier molecular flexibility index (Phi) is 3.11. The van der Waals surface area contributed by atoms with E-state index in [4.69, 9.17) is 4.78 Å². The smallest absolute Gasteiger partial charge is 0.241 e. The third-order valence-corrected chi connectivity index (χ3v) is 3.73. The van der Waals surface area contributed by atoms with Gasteiger partial charge in [0.25, 0.3) is 0 Å². The number of nitrogens with one attached hydrogen (secondary N) is 1. The van der Waals surface area contributed by atoms with Crippen molar-refractivity contribution in [2.45, 2.75) is 10.4 Å². The summed E-state index contributed by atoms with van der Waals surface area (Å²) in [6, 6.07) is 2.10. The molecule has 2 nitrogen and oxygen atoms in total. The first-order chi connectivity index (χ1) is 6.66. The minimum atomic E-state index is -5.16. The van der Waals surface area contributed by atoms with E-state index in [0.717, 1.165) is 6.07 Å². The Bertz CT molecular complexity index is 482. The third kappa shape index (κ3) is 2.31. The maximum atomic E-state index is 12.7. The van der Waals surface area contributed by atoms with E-state index in [2.05, 4.69) is 15.9 Å². The Morgan fingerprint density at radius 2 is 1.87 bits per heavy atom. The van der Waals surface area contributed by atoms with Crippen molar-refractivity contribution in [3.05, 3.63) is 28.5 Å². The second-order valence-electron chi connectivity index (χ2n) is 2.58. The summed E-state index contributed by atoms with van der Waals surface area (Å²) in [6.45, 7) is 0. The average molecular weight is 306 g/mol. The maximum Gasteiger partial charge on any atom is 0.483 e. The van der Waals surface area contributed by atoms with Crippen LogP contribution in [0.2, 0.25) is 0 Å². The predicted molar refractivity (Wildman–Crippen MR) is 49.3 cm³/mol. The van der Waals surface area contributed by atoms with Crippen LogP contribution in [0.1, 0.15) is 0 Å². The summed E-state index contributed by atoms with van der Waals surface area (Å²) in [5.74, 6) is -0.781. The second-order valence-corrected chi connectivity index (χ2v) is 5.48. The molecule has 0 aromatic heterocycles. The van der Waals surface area contributed by atoms with Crippen LogP contribution in [0.25, 0.3) is 0 Å². The Labute approximate surface area is 91.4 Å². The monoisotopic (exact) mass is 305 g/mol. The molecule has 0 saturated carbocycles. The average Bonchev–Trinajstić information content (AvgIpc) is 2.07. The summed E-state index contributed by atoms with van der Waals surface area (Å²) in [5, 5.41) is 0. The summed E-state index contributed by atoms with van der Waals surface area (Å²) in [4.78, 5) is -0.775. The van der Waals surface area contributed by atoms with Gasteiger partial charge in [0, 0.05) is 0 Å². The first-order valence-corrected chi connectivity index (χ1v) is 5.81. The number of hydrogen-bond acceptors (Lipinski definition) is 2. The van der Waals surface area contributed by atoms with E-state index in [0.29, 0.717) is 12.1 Å². The highest BCUT2D eigenvalue weighted by molar-refractivity contribution is 9.10. The van der Waals surface area contributed by atoms with Crippen LogP contribution in [0.4, 0.5) is 17.6 Å². The molecule has 0 spiro atoms. The van der Waals surface area contributed by atoms with Gasteiger partial charge >= 0.3 is 5.51 Å². The van der Waals surface area contributed by atoms with Crippen molar-refractivity contribution < 1.29 is 21.8 Å². The fourth-order valence-electron chi connectivity index (χ4n) is 0.789. The minimum Gasteiger partial charge on any atom is -0.241 e. The molecule has 0 bridgehead atoms. The van der Waals surface area contributed by atoms with Crippen molar-refractivity contribution in [2.75, 3.05) is 0 Å². The molecule has 0 saturated heterocycles. The lowest BCUT2D eigenvalue weighted by Crippen LogP contribution is -2.21. The summed E-state index contributed by atoms with van der Waals surface area (Å²) in [6.07, 6.45) is 0. The van der Waals surface area contributed by atoms with E-state index in [9.17, 15) is 21.8 Å². The molecule has 0 amide bonds. The SMILES string of the molecule is N=S(=O)(c1ccc(F)c(Br)c1)C(F)(F)F. The Hall–Kier alpha value is -0.630. The lowest BCUT2D eigenvalue weighted by atomic mass is 10.3. The van der Waals surface area contributed by atoms with Gasteiger partial charge in [0.2, 0.25) is 0 Å². The predicted octanol–water partition coefficient (Wildman–Crippen LogP) is 3.51. The van der Waals surface area contributed by atoms with Crippen LogP contribution >= 0.6 is 15.9 Å². The van der Waals surface area contributed by atoms with Gasteiger partial charge in [-0.1, -0.05) is 0 Å². The van der Waals surface area contributed by atoms with Gasteiger partial charge in [0.15, 0.2) is 9.73 Å². The molecule has 0 heterocycles. The number of halogens is 5. The zero-order valence-corrected chi connectivity index (χ0v) is 9.34. The summed E-state index contributed by atoms with van der Waals surface area (Å²) >= 11 is 2.65. The molecule has 15 heavy (non-hydrogen) atoms. The van der Waals surface area contributed by atoms with Gasteiger partial charge in [0.1, 0.15) is 5.82 Å². The number of hydrogen-bond donors (Lipinski definition) is 1. The van der Waals surface area contributed by atoms with Crippen LogP contribution in [-0.2, 0) is 9.73 Å². The maximum absolute atomic E-state index is 12.7. The van der Waals surface area contributed by atoms with Crippen LogP contribution in [0, 0.1) is 10.6 Å². The lowest BCUT2D eigenvalue weighted by Gasteiger charge is -2.11. The molecule has 1 atom stereocenters. The molecule has 0 radical (unpaired) electrons. The Morgan fingerprint density at radius 1 is 1.33 bits per heavy atom. The molecule has 1 aromatic carbocycles. The second kappa shape index (κ2) is 3.75. The third-order valence-electron chi connectivity index (χ3n) is 1.55. The van der Waals surface area contributed by atoms with Gasteiger partial charge in [-0.05, 0) is 34.1 Å². The first kappa shape index (κ1) is 12.4. The van der Waals surface area contributed by atoms with Crippen molar-refractivity contribution in [1.82, 2.24) is 0 Å². The number of rotatable bonds is 1. The molecule has 1 N–H and O–H groups in total. The van der Waals surface area contributed by atoms with Gasteiger partial charge in [-0.25, -0.2) is 13.4 Å². The highest BCUT2D eigenvalue weighted by atomic mass is 79.9. The quantitative estimate of drug-likeness (QED) is 0.793. The lowest BCUT2D eigenvalue weighted by molar-refractivity contribution is -0.0406. The molecule has 0 aliphatic heterocycles. The molecular formula is C7H4BrF4NOS. The molecule has 1 unspecified atom stereocenters. The highest BCUT2D eigenvalue weighted by Crippen LogP contribution is 2.32. The van der Waals surface area contributed by atoms with E-state index >= 15 is 0 Å². The fourth-order valence-corrected chi connectivity index (χ4v) is 2.13. The Morgan fingerprint density at radius 3 is 2.27 bits per heavy atom. The molecule has 0 aliphatic carbocycles.